The lowest BCUT2D eigenvalue weighted by Crippen LogP contribution is -2.40. The Morgan fingerprint density at radius 1 is 1.08 bits per heavy atom. The number of rotatable bonds is 2. The molecule has 76 valence electrons. The van der Waals surface area contributed by atoms with E-state index in [0.29, 0.717) is 0 Å². The highest BCUT2D eigenvalue weighted by atomic mass is 15.1. The summed E-state index contributed by atoms with van der Waals surface area (Å²) in [7, 11) is 0. The molecule has 2 nitrogen and oxygen atoms in total. The van der Waals surface area contributed by atoms with Crippen molar-refractivity contribution >= 4 is 0 Å². The summed E-state index contributed by atoms with van der Waals surface area (Å²) in [4.78, 5) is 2.67. The van der Waals surface area contributed by atoms with Gasteiger partial charge in [0.2, 0.25) is 0 Å². The second-order valence-corrected chi connectivity index (χ2v) is 4.57. The van der Waals surface area contributed by atoms with Crippen molar-refractivity contribution in [3.05, 3.63) is 0 Å². The van der Waals surface area contributed by atoms with Gasteiger partial charge in [0.1, 0.15) is 0 Å². The van der Waals surface area contributed by atoms with Crippen LogP contribution in [0.2, 0.25) is 0 Å². The van der Waals surface area contributed by atoms with E-state index in [1.54, 1.807) is 0 Å². The van der Waals surface area contributed by atoms with Gasteiger partial charge in [0.05, 0.1) is 0 Å². The van der Waals surface area contributed by atoms with E-state index in [2.05, 4.69) is 10.2 Å². The zero-order valence-electron chi connectivity index (χ0n) is 8.60. The van der Waals surface area contributed by atoms with E-state index >= 15 is 0 Å². The van der Waals surface area contributed by atoms with Gasteiger partial charge in [-0.1, -0.05) is 6.42 Å². The summed E-state index contributed by atoms with van der Waals surface area (Å²) in [5, 5.41) is 3.50. The molecule has 0 radical (unpaired) electrons. The van der Waals surface area contributed by atoms with Crippen LogP contribution in [0, 0.1) is 5.92 Å². The molecule has 2 heteroatoms. The molecule has 0 aromatic heterocycles. The summed E-state index contributed by atoms with van der Waals surface area (Å²) < 4.78 is 0. The summed E-state index contributed by atoms with van der Waals surface area (Å²) >= 11 is 0. The monoisotopic (exact) mass is 182 g/mol. The lowest BCUT2D eigenvalue weighted by Gasteiger charge is -2.32. The van der Waals surface area contributed by atoms with Crippen LogP contribution in [0.15, 0.2) is 0 Å². The van der Waals surface area contributed by atoms with Crippen molar-refractivity contribution in [2.75, 3.05) is 32.7 Å². The molecule has 2 aliphatic rings. The average Bonchev–Trinajstić information content (AvgIpc) is 2.21. The first-order chi connectivity index (χ1) is 6.45. The van der Waals surface area contributed by atoms with Crippen molar-refractivity contribution in [2.24, 2.45) is 5.92 Å². The van der Waals surface area contributed by atoms with Crippen molar-refractivity contribution in [1.29, 1.82) is 0 Å². The number of hydrogen-bond acceptors (Lipinski definition) is 2. The molecular weight excluding hydrogens is 160 g/mol. The molecule has 0 aromatic rings. The van der Waals surface area contributed by atoms with Gasteiger partial charge in [-0.3, -0.25) is 0 Å². The summed E-state index contributed by atoms with van der Waals surface area (Å²) in [5.41, 5.74) is 0. The Balaban J connectivity index is 1.69. The molecule has 1 atom stereocenters. The third kappa shape index (κ3) is 2.96. The molecule has 1 N–H and O–H groups in total. The largest absolute Gasteiger partial charge is 0.316 e. The van der Waals surface area contributed by atoms with Crippen molar-refractivity contribution in [1.82, 2.24) is 10.2 Å². The van der Waals surface area contributed by atoms with Crippen LogP contribution in [0.3, 0.4) is 0 Å². The van der Waals surface area contributed by atoms with Gasteiger partial charge in [0.25, 0.3) is 0 Å². The molecule has 0 amide bonds. The van der Waals surface area contributed by atoms with Crippen LogP contribution in [0.4, 0.5) is 0 Å². The van der Waals surface area contributed by atoms with E-state index in [4.69, 9.17) is 0 Å². The first-order valence-electron chi connectivity index (χ1n) is 5.88. The summed E-state index contributed by atoms with van der Waals surface area (Å²) in [6, 6.07) is 0. The third-order valence-corrected chi connectivity index (χ3v) is 3.36. The minimum atomic E-state index is 0.937. The molecule has 0 spiro atoms. The normalized spacial score (nSPS) is 31.8. The van der Waals surface area contributed by atoms with Crippen molar-refractivity contribution in [2.45, 2.75) is 32.1 Å². The number of nitrogens with zero attached hydrogens (tertiary/aromatic N) is 1. The number of nitrogens with one attached hydrogen (secondary N) is 1. The molecule has 0 unspecified atom stereocenters. The first-order valence-corrected chi connectivity index (χ1v) is 5.88. The van der Waals surface area contributed by atoms with E-state index < -0.39 is 0 Å². The molecule has 2 rings (SSSR count). The molecule has 2 fully saturated rings. The number of hydrogen-bond donors (Lipinski definition) is 1. The maximum atomic E-state index is 3.50. The van der Waals surface area contributed by atoms with Crippen molar-refractivity contribution < 1.29 is 0 Å². The molecule has 0 aromatic carbocycles. The molecule has 13 heavy (non-hydrogen) atoms. The Bertz CT molecular complexity index is 119. The van der Waals surface area contributed by atoms with Gasteiger partial charge in [-0.2, -0.15) is 0 Å². The fourth-order valence-electron chi connectivity index (χ4n) is 2.59. The van der Waals surface area contributed by atoms with E-state index in [9.17, 15) is 0 Å². The Labute approximate surface area is 81.7 Å². The fraction of sp³-hybridized carbons (Fsp3) is 1.00. The number of likely N-dealkylation sites (tertiary alicyclic amines) is 1. The molecule has 2 saturated heterocycles. The zero-order chi connectivity index (χ0) is 8.93. The van der Waals surface area contributed by atoms with Gasteiger partial charge >= 0.3 is 0 Å². The minimum Gasteiger partial charge on any atom is -0.316 e. The molecule has 2 aliphatic heterocycles. The highest BCUT2D eigenvalue weighted by Crippen LogP contribution is 2.15. The standard InChI is InChI=1S/C11H22N2/c1-2-7-13(8-3-1)10-11-5-4-6-12-9-11/h11-12H,1-10H2/t11-/m1/s1. The van der Waals surface area contributed by atoms with Crippen molar-refractivity contribution in [3.63, 3.8) is 0 Å². The van der Waals surface area contributed by atoms with Gasteiger partial charge in [-0.25, -0.2) is 0 Å². The van der Waals surface area contributed by atoms with Crippen LogP contribution in [-0.2, 0) is 0 Å². The van der Waals surface area contributed by atoms with Crippen LogP contribution in [-0.4, -0.2) is 37.6 Å². The van der Waals surface area contributed by atoms with Gasteiger partial charge in [-0.15, -0.1) is 0 Å². The van der Waals surface area contributed by atoms with Gasteiger partial charge in [0.15, 0.2) is 0 Å². The second kappa shape index (κ2) is 4.97. The lowest BCUT2D eigenvalue weighted by atomic mass is 9.98. The molecular formula is C11H22N2. The maximum absolute atomic E-state index is 3.50. The Morgan fingerprint density at radius 3 is 2.62 bits per heavy atom. The SMILES string of the molecule is C1CCN(C[C@@H]2CCCNC2)CC1. The molecule has 0 saturated carbocycles. The van der Waals surface area contributed by atoms with E-state index in [0.717, 1.165) is 5.92 Å². The summed E-state index contributed by atoms with van der Waals surface area (Å²) in [5.74, 6) is 0.937. The minimum absolute atomic E-state index is 0.937. The van der Waals surface area contributed by atoms with Gasteiger partial charge in [-0.05, 0) is 57.8 Å². The van der Waals surface area contributed by atoms with Gasteiger partial charge in [0, 0.05) is 6.54 Å². The number of piperidine rings is 2. The van der Waals surface area contributed by atoms with E-state index in [1.165, 1.54) is 64.8 Å². The van der Waals surface area contributed by atoms with E-state index in [-0.39, 0.29) is 0 Å². The highest BCUT2D eigenvalue weighted by Gasteiger charge is 2.17. The van der Waals surface area contributed by atoms with E-state index in [1.807, 2.05) is 0 Å². The Kier molecular flexibility index (Phi) is 3.62. The first kappa shape index (κ1) is 9.47. The maximum Gasteiger partial charge on any atom is 0.00218 e. The lowest BCUT2D eigenvalue weighted by molar-refractivity contribution is 0.180. The van der Waals surface area contributed by atoms with Gasteiger partial charge < -0.3 is 10.2 Å². The Morgan fingerprint density at radius 2 is 1.92 bits per heavy atom. The predicted molar refractivity (Wildman–Crippen MR) is 55.9 cm³/mol. The smallest absolute Gasteiger partial charge is 0.00218 e. The van der Waals surface area contributed by atoms with Crippen LogP contribution in [0.25, 0.3) is 0 Å². The topological polar surface area (TPSA) is 15.3 Å². The molecule has 2 heterocycles. The van der Waals surface area contributed by atoms with Crippen LogP contribution >= 0.6 is 0 Å². The van der Waals surface area contributed by atoms with Crippen LogP contribution in [0.5, 0.6) is 0 Å². The third-order valence-electron chi connectivity index (χ3n) is 3.36. The summed E-state index contributed by atoms with van der Waals surface area (Å²) in [6.07, 6.45) is 7.15. The summed E-state index contributed by atoms with van der Waals surface area (Å²) in [6.45, 7) is 6.58. The molecule has 0 aliphatic carbocycles. The second-order valence-electron chi connectivity index (χ2n) is 4.57. The highest BCUT2D eigenvalue weighted by molar-refractivity contribution is 4.74. The van der Waals surface area contributed by atoms with Crippen LogP contribution < -0.4 is 5.32 Å². The zero-order valence-corrected chi connectivity index (χ0v) is 8.60. The molecule has 0 bridgehead atoms. The van der Waals surface area contributed by atoms with Crippen molar-refractivity contribution in [3.8, 4) is 0 Å². The average molecular weight is 182 g/mol. The predicted octanol–water partition coefficient (Wildman–Crippen LogP) is 1.47. The quantitative estimate of drug-likeness (QED) is 0.696. The fourth-order valence-corrected chi connectivity index (χ4v) is 2.59. The van der Waals surface area contributed by atoms with Crippen LogP contribution in [0.1, 0.15) is 32.1 Å². The Hall–Kier alpha value is -0.0800.